The quantitative estimate of drug-likeness (QED) is 0.522. The van der Waals surface area contributed by atoms with Gasteiger partial charge in [-0.05, 0) is 41.8 Å². The predicted octanol–water partition coefficient (Wildman–Crippen LogP) is 2.90. The minimum absolute atomic E-state index is 0.172. The van der Waals surface area contributed by atoms with Crippen LogP contribution in [-0.2, 0) is 13.1 Å². The van der Waals surface area contributed by atoms with Crippen molar-refractivity contribution in [3.05, 3.63) is 101 Å². The molecule has 0 saturated carbocycles. The second kappa shape index (κ2) is 8.57. The van der Waals surface area contributed by atoms with Crippen LogP contribution in [0.15, 0.2) is 73.2 Å². The van der Waals surface area contributed by atoms with Gasteiger partial charge in [-0.15, -0.1) is 0 Å². The van der Waals surface area contributed by atoms with E-state index in [4.69, 9.17) is 0 Å². The van der Waals surface area contributed by atoms with E-state index >= 15 is 0 Å². The fourth-order valence-electron chi connectivity index (χ4n) is 3.20. The smallest absolute Gasteiger partial charge is 0.287 e. The molecule has 0 fully saturated rings. The number of carbonyl (C=O) groups excluding carboxylic acids is 2. The maximum Gasteiger partial charge on any atom is 0.287 e. The molecule has 0 atom stereocenters. The van der Waals surface area contributed by atoms with Crippen LogP contribution < -0.4 is 10.6 Å². The molecular formula is C23H21N5O2. The van der Waals surface area contributed by atoms with Gasteiger partial charge in [-0.2, -0.15) is 0 Å². The third kappa shape index (κ3) is 4.05. The number of rotatable bonds is 6. The number of amides is 2. The Kier molecular flexibility index (Phi) is 5.52. The maximum absolute atomic E-state index is 12.8. The maximum atomic E-state index is 12.8. The van der Waals surface area contributed by atoms with Crippen LogP contribution in [0.4, 0.5) is 0 Å². The molecule has 1 aromatic carbocycles. The monoisotopic (exact) mass is 399 g/mol. The van der Waals surface area contributed by atoms with Crippen LogP contribution in [0, 0.1) is 6.92 Å². The van der Waals surface area contributed by atoms with E-state index in [1.165, 1.54) is 0 Å². The van der Waals surface area contributed by atoms with Crippen molar-refractivity contribution in [1.29, 1.82) is 0 Å². The lowest BCUT2D eigenvalue weighted by molar-refractivity contribution is 0.0939. The number of carbonyl (C=O) groups is 2. The molecule has 0 bridgehead atoms. The summed E-state index contributed by atoms with van der Waals surface area (Å²) in [4.78, 5) is 34.0. The van der Waals surface area contributed by atoms with Gasteiger partial charge >= 0.3 is 0 Å². The Balaban J connectivity index is 1.55. The van der Waals surface area contributed by atoms with Crippen LogP contribution in [0.2, 0.25) is 0 Å². The molecule has 2 amide bonds. The van der Waals surface area contributed by atoms with Gasteiger partial charge in [-0.25, -0.2) is 4.98 Å². The van der Waals surface area contributed by atoms with Crippen LogP contribution in [0.1, 0.15) is 37.8 Å². The summed E-state index contributed by atoms with van der Waals surface area (Å²) in [5.41, 5.74) is 3.79. The zero-order valence-corrected chi connectivity index (χ0v) is 16.5. The van der Waals surface area contributed by atoms with Gasteiger partial charge in [0.2, 0.25) is 5.82 Å². The summed E-state index contributed by atoms with van der Waals surface area (Å²) in [6.45, 7) is 2.71. The topological polar surface area (TPSA) is 88.4 Å². The Morgan fingerprint density at radius 2 is 1.73 bits per heavy atom. The molecule has 3 aromatic heterocycles. The number of pyridine rings is 2. The third-order valence-corrected chi connectivity index (χ3v) is 4.84. The number of nitrogens with zero attached hydrogens (tertiary/aromatic N) is 3. The van der Waals surface area contributed by atoms with E-state index in [1.54, 1.807) is 35.1 Å². The summed E-state index contributed by atoms with van der Waals surface area (Å²) in [5, 5.41) is 5.73. The Morgan fingerprint density at radius 1 is 0.933 bits per heavy atom. The average molecular weight is 399 g/mol. The van der Waals surface area contributed by atoms with Crippen molar-refractivity contribution in [2.24, 2.45) is 0 Å². The van der Waals surface area contributed by atoms with Gasteiger partial charge in [0, 0.05) is 31.7 Å². The molecule has 7 heteroatoms. The van der Waals surface area contributed by atoms with Gasteiger partial charge in [0.15, 0.2) is 5.69 Å². The molecule has 0 aliphatic rings. The first-order valence-corrected chi connectivity index (χ1v) is 9.60. The lowest BCUT2D eigenvalue weighted by Crippen LogP contribution is -2.26. The lowest BCUT2D eigenvalue weighted by atomic mass is 10.1. The highest BCUT2D eigenvalue weighted by Crippen LogP contribution is 2.14. The molecule has 4 rings (SSSR count). The summed E-state index contributed by atoms with van der Waals surface area (Å²) in [5.74, 6) is -0.517. The van der Waals surface area contributed by atoms with Crippen molar-refractivity contribution in [3.8, 4) is 0 Å². The molecule has 0 spiro atoms. The first kappa shape index (κ1) is 19.3. The number of nitrogens with one attached hydrogen (secondary N) is 2. The van der Waals surface area contributed by atoms with E-state index in [0.717, 1.165) is 16.7 Å². The minimum atomic E-state index is -0.347. The lowest BCUT2D eigenvalue weighted by Gasteiger charge is -2.07. The summed E-state index contributed by atoms with van der Waals surface area (Å²) < 4.78 is 1.63. The Labute approximate surface area is 173 Å². The molecule has 0 aliphatic heterocycles. The fraction of sp³-hybridized carbons (Fsp3) is 0.130. The van der Waals surface area contributed by atoms with E-state index in [0.29, 0.717) is 18.6 Å². The largest absolute Gasteiger partial charge is 0.346 e. The number of hydrogen-bond acceptors (Lipinski definition) is 4. The summed E-state index contributed by atoms with van der Waals surface area (Å²) >= 11 is 0. The normalized spacial score (nSPS) is 10.7. The van der Waals surface area contributed by atoms with Gasteiger partial charge in [-0.1, -0.05) is 36.4 Å². The Morgan fingerprint density at radius 3 is 2.53 bits per heavy atom. The molecule has 0 unspecified atom stereocenters. The summed E-state index contributed by atoms with van der Waals surface area (Å²) in [7, 11) is 0. The van der Waals surface area contributed by atoms with Gasteiger partial charge in [-0.3, -0.25) is 19.0 Å². The van der Waals surface area contributed by atoms with E-state index < -0.39 is 0 Å². The van der Waals surface area contributed by atoms with E-state index in [1.807, 2.05) is 49.4 Å². The van der Waals surface area contributed by atoms with E-state index in [-0.39, 0.29) is 23.3 Å². The van der Waals surface area contributed by atoms with Gasteiger partial charge in [0.05, 0.1) is 5.52 Å². The van der Waals surface area contributed by atoms with Crippen molar-refractivity contribution < 1.29 is 9.59 Å². The highest BCUT2D eigenvalue weighted by molar-refractivity contribution is 6.02. The minimum Gasteiger partial charge on any atom is -0.346 e. The molecule has 7 nitrogen and oxygen atoms in total. The van der Waals surface area contributed by atoms with Gasteiger partial charge < -0.3 is 10.6 Å². The van der Waals surface area contributed by atoms with Crippen LogP contribution in [0.5, 0.6) is 0 Å². The molecule has 2 N–H and O–H groups in total. The molecule has 30 heavy (non-hydrogen) atoms. The first-order valence-electron chi connectivity index (χ1n) is 9.60. The van der Waals surface area contributed by atoms with E-state index in [2.05, 4.69) is 20.6 Å². The molecule has 0 aliphatic carbocycles. The van der Waals surface area contributed by atoms with Crippen molar-refractivity contribution in [1.82, 2.24) is 25.0 Å². The number of benzene rings is 1. The molecule has 150 valence electrons. The molecular weight excluding hydrogens is 378 g/mol. The van der Waals surface area contributed by atoms with Gasteiger partial charge in [0.25, 0.3) is 11.8 Å². The first-order chi connectivity index (χ1) is 14.6. The summed E-state index contributed by atoms with van der Waals surface area (Å²) in [6.07, 6.45) is 5.09. The van der Waals surface area contributed by atoms with Crippen molar-refractivity contribution in [2.45, 2.75) is 20.0 Å². The fourth-order valence-corrected chi connectivity index (χ4v) is 3.20. The zero-order chi connectivity index (χ0) is 20.9. The number of hydrogen-bond donors (Lipinski definition) is 2. The van der Waals surface area contributed by atoms with Crippen LogP contribution >= 0.6 is 0 Å². The van der Waals surface area contributed by atoms with Crippen LogP contribution in [0.3, 0.4) is 0 Å². The number of imidazole rings is 1. The second-order valence-corrected chi connectivity index (χ2v) is 6.89. The van der Waals surface area contributed by atoms with Crippen LogP contribution in [0.25, 0.3) is 5.52 Å². The molecule has 0 radical (unpaired) electrons. The van der Waals surface area contributed by atoms with Crippen molar-refractivity contribution >= 4 is 17.3 Å². The second-order valence-electron chi connectivity index (χ2n) is 6.89. The SMILES string of the molecule is Cc1ccccc1CNC(=O)c1nc(C(=O)NCc2cccnc2)c2ccccn12. The zero-order valence-electron chi connectivity index (χ0n) is 16.5. The number of fused-ring (bicyclic) bond motifs is 1. The third-order valence-electron chi connectivity index (χ3n) is 4.84. The van der Waals surface area contributed by atoms with Crippen LogP contribution in [-0.4, -0.2) is 26.2 Å². The number of aromatic nitrogens is 3. The van der Waals surface area contributed by atoms with Gasteiger partial charge in [0.1, 0.15) is 0 Å². The standard InChI is InChI=1S/C23H21N5O2/c1-16-7-2-3-9-18(16)15-26-23(30)21-27-20(19-10-4-5-12-28(19)21)22(29)25-14-17-8-6-11-24-13-17/h2-13H,14-15H2,1H3,(H,25,29)(H,26,30). The Hall–Kier alpha value is -4.00. The average Bonchev–Trinajstić information content (AvgIpc) is 3.17. The molecule has 4 aromatic rings. The van der Waals surface area contributed by atoms with Crippen molar-refractivity contribution in [3.63, 3.8) is 0 Å². The predicted molar refractivity (Wildman–Crippen MR) is 113 cm³/mol. The summed E-state index contributed by atoms with van der Waals surface area (Å²) in [6, 6.07) is 16.9. The van der Waals surface area contributed by atoms with E-state index in [9.17, 15) is 9.59 Å². The molecule has 0 saturated heterocycles. The highest BCUT2D eigenvalue weighted by atomic mass is 16.2. The van der Waals surface area contributed by atoms with Crippen molar-refractivity contribution in [2.75, 3.05) is 0 Å². The number of aryl methyl sites for hydroxylation is 1. The Bertz CT molecular complexity index is 1200. The highest BCUT2D eigenvalue weighted by Gasteiger charge is 2.21. The molecule has 3 heterocycles.